The van der Waals surface area contributed by atoms with Gasteiger partial charge in [0.15, 0.2) is 0 Å². The second-order valence-electron chi connectivity index (χ2n) is 4.27. The number of hydrogen-bond acceptors (Lipinski definition) is 4. The number of anilines is 2. The van der Waals surface area contributed by atoms with Crippen LogP contribution in [0, 0.1) is 5.82 Å². The second-order valence-corrected chi connectivity index (χ2v) is 4.27. The van der Waals surface area contributed by atoms with Gasteiger partial charge in [-0.05, 0) is 12.1 Å². The van der Waals surface area contributed by atoms with E-state index in [1.165, 1.54) is 29.2 Å². The van der Waals surface area contributed by atoms with Crippen LogP contribution in [0.4, 0.5) is 16.0 Å². The van der Waals surface area contributed by atoms with Crippen LogP contribution in [0.25, 0.3) is 0 Å². The molecule has 7 nitrogen and oxygen atoms in total. The van der Waals surface area contributed by atoms with Gasteiger partial charge in [-0.15, -0.1) is 0 Å². The highest BCUT2D eigenvalue weighted by molar-refractivity contribution is 6.00. The van der Waals surface area contributed by atoms with E-state index in [1.807, 2.05) is 0 Å². The zero-order valence-corrected chi connectivity index (χ0v) is 10.2. The highest BCUT2D eigenvalue weighted by Gasteiger charge is 2.33. The quantitative estimate of drug-likeness (QED) is 0.872. The number of fused-ring (bicyclic) bond motifs is 1. The topological polar surface area (TPSA) is 88.9 Å². The van der Waals surface area contributed by atoms with Gasteiger partial charge in [0.1, 0.15) is 18.2 Å². The van der Waals surface area contributed by atoms with E-state index >= 15 is 0 Å². The van der Waals surface area contributed by atoms with Gasteiger partial charge in [-0.3, -0.25) is 14.9 Å². The molecule has 2 N–H and O–H groups in total. The lowest BCUT2D eigenvalue weighted by molar-refractivity contribution is -0.123. The zero-order valence-electron chi connectivity index (χ0n) is 10.2. The van der Waals surface area contributed by atoms with Crippen LogP contribution in [-0.4, -0.2) is 26.6 Å². The third-order valence-electron chi connectivity index (χ3n) is 2.93. The maximum Gasteiger partial charge on any atom is 0.252 e. The Morgan fingerprint density at radius 2 is 2.25 bits per heavy atom. The number of nitrogens with zero attached hydrogens (tertiary/aromatic N) is 3. The van der Waals surface area contributed by atoms with Crippen molar-refractivity contribution >= 4 is 23.5 Å². The third kappa shape index (κ3) is 2.11. The van der Waals surface area contributed by atoms with Crippen molar-refractivity contribution in [1.29, 1.82) is 0 Å². The van der Waals surface area contributed by atoms with Crippen LogP contribution in [0.3, 0.4) is 0 Å². The molecule has 2 amide bonds. The highest BCUT2D eigenvalue weighted by Crippen LogP contribution is 2.24. The Balaban J connectivity index is 1.71. The third-order valence-corrected chi connectivity index (χ3v) is 2.93. The lowest BCUT2D eigenvalue weighted by Crippen LogP contribution is -2.23. The maximum absolute atomic E-state index is 13.4. The van der Waals surface area contributed by atoms with Crippen LogP contribution in [0.15, 0.2) is 30.6 Å². The Labute approximate surface area is 112 Å². The van der Waals surface area contributed by atoms with Crippen LogP contribution in [0.2, 0.25) is 0 Å². The van der Waals surface area contributed by atoms with E-state index < -0.39 is 17.8 Å². The van der Waals surface area contributed by atoms with E-state index in [1.54, 1.807) is 6.07 Å². The van der Waals surface area contributed by atoms with Gasteiger partial charge in [0.25, 0.3) is 5.91 Å². The van der Waals surface area contributed by atoms with Crippen molar-refractivity contribution in [2.24, 2.45) is 0 Å². The van der Waals surface area contributed by atoms with Gasteiger partial charge < -0.3 is 5.32 Å². The van der Waals surface area contributed by atoms with Crippen LogP contribution in [0.1, 0.15) is 12.5 Å². The van der Waals surface area contributed by atoms with Gasteiger partial charge in [0.05, 0.1) is 12.1 Å². The van der Waals surface area contributed by atoms with Gasteiger partial charge in [0, 0.05) is 0 Å². The molecule has 1 unspecified atom stereocenters. The van der Waals surface area contributed by atoms with Gasteiger partial charge in [0.2, 0.25) is 11.9 Å². The molecule has 1 aliphatic rings. The number of amides is 2. The smallest absolute Gasteiger partial charge is 0.252 e. The Hall–Kier alpha value is -2.77. The summed E-state index contributed by atoms with van der Waals surface area (Å²) in [6.07, 6.45) is 1.15. The number of carbonyl (C=O) groups excluding carboxylic acids is 2. The minimum atomic E-state index is -0.765. The summed E-state index contributed by atoms with van der Waals surface area (Å²) >= 11 is 0. The number of carbonyl (C=O) groups is 2. The molecule has 1 aromatic carbocycles. The molecule has 0 saturated heterocycles. The molecule has 0 aliphatic carbocycles. The fourth-order valence-electron chi connectivity index (χ4n) is 1.99. The fourth-order valence-corrected chi connectivity index (χ4v) is 1.99. The monoisotopic (exact) mass is 275 g/mol. The molecular formula is C12H10FN5O2. The molecule has 102 valence electrons. The second kappa shape index (κ2) is 4.72. The Morgan fingerprint density at radius 3 is 3.05 bits per heavy atom. The number of benzene rings is 1. The van der Waals surface area contributed by atoms with E-state index in [0.29, 0.717) is 5.95 Å². The zero-order chi connectivity index (χ0) is 14.1. The highest BCUT2D eigenvalue weighted by atomic mass is 19.1. The van der Waals surface area contributed by atoms with Crippen molar-refractivity contribution in [1.82, 2.24) is 14.8 Å². The van der Waals surface area contributed by atoms with Gasteiger partial charge >= 0.3 is 0 Å². The molecule has 20 heavy (non-hydrogen) atoms. The summed E-state index contributed by atoms with van der Waals surface area (Å²) in [6.45, 7) is 0. The van der Waals surface area contributed by atoms with Crippen LogP contribution in [-0.2, 0) is 9.59 Å². The molecule has 0 fully saturated rings. The SMILES string of the molecule is O=C(CC1C(=O)Nc2ncnn21)Nc1ccccc1F. The average molecular weight is 275 g/mol. The first-order valence-corrected chi connectivity index (χ1v) is 5.90. The van der Waals surface area contributed by atoms with Crippen molar-refractivity contribution in [2.45, 2.75) is 12.5 Å². The van der Waals surface area contributed by atoms with Crippen molar-refractivity contribution in [2.75, 3.05) is 10.6 Å². The number of halogens is 1. The molecule has 2 aromatic rings. The predicted octanol–water partition coefficient (Wildman–Crippen LogP) is 0.939. The first-order chi connectivity index (χ1) is 9.65. The molecule has 0 saturated carbocycles. The standard InChI is InChI=1S/C12H10FN5O2/c13-7-3-1-2-4-8(7)16-10(19)5-9-11(20)17-12-14-6-15-18(9)12/h1-4,6,9H,5H2,(H,16,19)(H,14,15,17,20). The maximum atomic E-state index is 13.4. The molecular weight excluding hydrogens is 265 g/mol. The van der Waals surface area contributed by atoms with Crippen molar-refractivity contribution < 1.29 is 14.0 Å². The van der Waals surface area contributed by atoms with Gasteiger partial charge in [-0.1, -0.05) is 12.1 Å². The summed E-state index contributed by atoms with van der Waals surface area (Å²) in [6, 6.07) is 5.06. The average Bonchev–Trinajstić information content (AvgIpc) is 2.96. The molecule has 3 rings (SSSR count). The first-order valence-electron chi connectivity index (χ1n) is 5.90. The molecule has 1 aromatic heterocycles. The number of para-hydroxylation sites is 1. The summed E-state index contributed by atoms with van der Waals surface area (Å²) < 4.78 is 14.7. The van der Waals surface area contributed by atoms with Crippen molar-refractivity contribution in [3.8, 4) is 0 Å². The first kappa shape index (κ1) is 12.3. The largest absolute Gasteiger partial charge is 0.324 e. The van der Waals surface area contributed by atoms with Gasteiger partial charge in [-0.2, -0.15) is 10.1 Å². The van der Waals surface area contributed by atoms with Gasteiger partial charge in [-0.25, -0.2) is 9.07 Å². The summed E-state index contributed by atoms with van der Waals surface area (Å²) in [7, 11) is 0. The Bertz CT molecular complexity index is 684. The molecule has 1 aliphatic heterocycles. The number of aromatic nitrogens is 3. The van der Waals surface area contributed by atoms with E-state index in [-0.39, 0.29) is 18.0 Å². The van der Waals surface area contributed by atoms with Crippen LogP contribution >= 0.6 is 0 Å². The number of nitrogens with one attached hydrogen (secondary N) is 2. The summed E-state index contributed by atoms with van der Waals surface area (Å²) in [5, 5.41) is 8.80. The predicted molar refractivity (Wildman–Crippen MR) is 67.3 cm³/mol. The molecule has 0 spiro atoms. The van der Waals surface area contributed by atoms with Crippen LogP contribution in [0.5, 0.6) is 0 Å². The minimum absolute atomic E-state index is 0.0784. The summed E-state index contributed by atoms with van der Waals surface area (Å²) in [4.78, 5) is 27.4. The van der Waals surface area contributed by atoms with E-state index in [4.69, 9.17) is 0 Å². The van der Waals surface area contributed by atoms with E-state index in [2.05, 4.69) is 20.7 Å². The summed E-state index contributed by atoms with van der Waals surface area (Å²) in [5.74, 6) is -1.06. The minimum Gasteiger partial charge on any atom is -0.324 e. The van der Waals surface area contributed by atoms with E-state index in [0.717, 1.165) is 0 Å². The Morgan fingerprint density at radius 1 is 1.45 bits per heavy atom. The van der Waals surface area contributed by atoms with Crippen molar-refractivity contribution in [3.63, 3.8) is 0 Å². The Kier molecular flexibility index (Phi) is 2.90. The molecule has 8 heteroatoms. The number of rotatable bonds is 3. The lowest BCUT2D eigenvalue weighted by atomic mass is 10.2. The lowest BCUT2D eigenvalue weighted by Gasteiger charge is -2.10. The normalized spacial score (nSPS) is 16.6. The molecule has 1 atom stereocenters. The molecule has 2 heterocycles. The fraction of sp³-hybridized carbons (Fsp3) is 0.167. The van der Waals surface area contributed by atoms with Crippen LogP contribution < -0.4 is 10.6 Å². The number of hydrogen-bond donors (Lipinski definition) is 2. The van der Waals surface area contributed by atoms with E-state index in [9.17, 15) is 14.0 Å². The molecule has 0 radical (unpaired) electrons. The summed E-state index contributed by atoms with van der Waals surface area (Å²) in [5.41, 5.74) is 0.0784. The van der Waals surface area contributed by atoms with Crippen molar-refractivity contribution in [3.05, 3.63) is 36.4 Å². The molecule has 0 bridgehead atoms.